The van der Waals surface area contributed by atoms with Crippen LogP contribution in [0.2, 0.25) is 0 Å². The first kappa shape index (κ1) is 14.1. The summed E-state index contributed by atoms with van der Waals surface area (Å²) in [6.07, 6.45) is 6.81. The van der Waals surface area contributed by atoms with E-state index in [1.807, 2.05) is 18.2 Å². The van der Waals surface area contributed by atoms with Crippen LogP contribution >= 0.6 is 0 Å². The van der Waals surface area contributed by atoms with Gasteiger partial charge in [0.15, 0.2) is 0 Å². The third-order valence-electron chi connectivity index (χ3n) is 4.66. The molecule has 21 heavy (non-hydrogen) atoms. The molecule has 1 aromatic heterocycles. The van der Waals surface area contributed by atoms with Crippen LogP contribution in [0.25, 0.3) is 10.9 Å². The van der Waals surface area contributed by atoms with Crippen molar-refractivity contribution >= 4 is 22.4 Å². The van der Waals surface area contributed by atoms with Crippen molar-refractivity contribution < 1.29 is 0 Å². The van der Waals surface area contributed by atoms with Crippen LogP contribution in [0.1, 0.15) is 39.5 Å². The highest BCUT2D eigenvalue weighted by molar-refractivity contribution is 5.90. The Balaban J connectivity index is 1.90. The first-order chi connectivity index (χ1) is 10.1. The SMILES string of the molecule is CC(C)C1CCCCC1Nc1ncnc2cc(N)ccc12. The van der Waals surface area contributed by atoms with E-state index in [1.54, 1.807) is 6.33 Å². The van der Waals surface area contributed by atoms with Gasteiger partial charge in [0.05, 0.1) is 5.52 Å². The van der Waals surface area contributed by atoms with Crippen LogP contribution in [0, 0.1) is 11.8 Å². The van der Waals surface area contributed by atoms with E-state index in [-0.39, 0.29) is 0 Å². The van der Waals surface area contributed by atoms with E-state index in [9.17, 15) is 0 Å². The molecule has 1 heterocycles. The lowest BCUT2D eigenvalue weighted by Crippen LogP contribution is -2.35. The Hall–Kier alpha value is -1.84. The number of hydrogen-bond donors (Lipinski definition) is 2. The van der Waals surface area contributed by atoms with Crippen LogP contribution in [0.15, 0.2) is 24.5 Å². The van der Waals surface area contributed by atoms with Crippen molar-refractivity contribution in [3.8, 4) is 0 Å². The van der Waals surface area contributed by atoms with Gasteiger partial charge in [-0.2, -0.15) is 0 Å². The van der Waals surface area contributed by atoms with E-state index in [1.165, 1.54) is 25.7 Å². The quantitative estimate of drug-likeness (QED) is 0.841. The predicted octanol–water partition coefficient (Wildman–Crippen LogP) is 3.84. The minimum Gasteiger partial charge on any atom is -0.399 e. The molecule has 1 saturated carbocycles. The summed E-state index contributed by atoms with van der Waals surface area (Å²) in [5, 5.41) is 4.74. The van der Waals surface area contributed by atoms with Crippen molar-refractivity contribution in [2.24, 2.45) is 11.8 Å². The van der Waals surface area contributed by atoms with Crippen LogP contribution in [0.5, 0.6) is 0 Å². The molecular weight excluding hydrogens is 260 g/mol. The van der Waals surface area contributed by atoms with E-state index in [0.29, 0.717) is 12.0 Å². The Morgan fingerprint density at radius 3 is 2.81 bits per heavy atom. The van der Waals surface area contributed by atoms with Crippen LogP contribution in [0.4, 0.5) is 11.5 Å². The van der Waals surface area contributed by atoms with E-state index >= 15 is 0 Å². The molecule has 112 valence electrons. The fourth-order valence-electron chi connectivity index (χ4n) is 3.50. The van der Waals surface area contributed by atoms with Crippen molar-refractivity contribution in [2.75, 3.05) is 11.1 Å². The van der Waals surface area contributed by atoms with Gasteiger partial charge in [-0.3, -0.25) is 0 Å². The number of rotatable bonds is 3. The molecule has 0 saturated heterocycles. The number of fused-ring (bicyclic) bond motifs is 1. The first-order valence-electron chi connectivity index (χ1n) is 7.92. The maximum Gasteiger partial charge on any atom is 0.137 e. The zero-order valence-electron chi connectivity index (χ0n) is 12.8. The first-order valence-corrected chi connectivity index (χ1v) is 7.92. The van der Waals surface area contributed by atoms with Crippen molar-refractivity contribution in [2.45, 2.75) is 45.6 Å². The van der Waals surface area contributed by atoms with Gasteiger partial charge >= 0.3 is 0 Å². The Bertz CT molecular complexity index is 623. The average molecular weight is 284 g/mol. The lowest BCUT2D eigenvalue weighted by molar-refractivity contribution is 0.253. The minimum absolute atomic E-state index is 0.509. The maximum atomic E-state index is 5.84. The second kappa shape index (κ2) is 5.88. The number of nitrogens with zero attached hydrogens (tertiary/aromatic N) is 2. The third kappa shape index (κ3) is 2.94. The van der Waals surface area contributed by atoms with Crippen molar-refractivity contribution in [1.82, 2.24) is 9.97 Å². The monoisotopic (exact) mass is 284 g/mol. The number of nitrogen functional groups attached to an aromatic ring is 1. The number of hydrogen-bond acceptors (Lipinski definition) is 4. The van der Waals surface area contributed by atoms with Crippen LogP contribution in [-0.4, -0.2) is 16.0 Å². The molecule has 1 fully saturated rings. The second-order valence-electron chi connectivity index (χ2n) is 6.44. The van der Waals surface area contributed by atoms with Crippen molar-refractivity contribution in [3.05, 3.63) is 24.5 Å². The van der Waals surface area contributed by atoms with E-state index in [4.69, 9.17) is 5.73 Å². The summed E-state index contributed by atoms with van der Waals surface area (Å²) in [6.45, 7) is 4.65. The Morgan fingerprint density at radius 2 is 2.00 bits per heavy atom. The molecule has 3 rings (SSSR count). The predicted molar refractivity (Wildman–Crippen MR) is 88.2 cm³/mol. The van der Waals surface area contributed by atoms with Crippen molar-refractivity contribution in [3.63, 3.8) is 0 Å². The fraction of sp³-hybridized carbons (Fsp3) is 0.529. The van der Waals surface area contributed by atoms with E-state index in [0.717, 1.165) is 28.3 Å². The Kier molecular flexibility index (Phi) is 3.95. The summed E-state index contributed by atoms with van der Waals surface area (Å²) in [4.78, 5) is 8.78. The molecule has 4 nitrogen and oxygen atoms in total. The topological polar surface area (TPSA) is 63.8 Å². The molecule has 1 aliphatic rings. The zero-order valence-corrected chi connectivity index (χ0v) is 12.8. The molecule has 3 N–H and O–H groups in total. The standard InChI is InChI=1S/C17H24N4/c1-11(2)13-5-3-4-6-15(13)21-17-14-8-7-12(18)9-16(14)19-10-20-17/h7-11,13,15H,3-6,18H2,1-2H3,(H,19,20,21). The van der Waals surface area contributed by atoms with Gasteiger partial charge in [0.2, 0.25) is 0 Å². The molecule has 2 unspecified atom stereocenters. The molecule has 4 heteroatoms. The molecule has 0 amide bonds. The highest BCUT2D eigenvalue weighted by Crippen LogP contribution is 2.33. The second-order valence-corrected chi connectivity index (χ2v) is 6.44. The lowest BCUT2D eigenvalue weighted by atomic mass is 9.78. The molecule has 0 bridgehead atoms. The van der Waals surface area contributed by atoms with E-state index in [2.05, 4.69) is 29.1 Å². The number of nitrogens with one attached hydrogen (secondary N) is 1. The molecule has 2 aromatic rings. The van der Waals surface area contributed by atoms with Crippen LogP contribution in [-0.2, 0) is 0 Å². The number of nitrogens with two attached hydrogens (primary N) is 1. The van der Waals surface area contributed by atoms with Gasteiger partial charge in [-0.25, -0.2) is 9.97 Å². The summed E-state index contributed by atoms with van der Waals surface area (Å²) in [5.74, 6) is 2.36. The lowest BCUT2D eigenvalue weighted by Gasteiger charge is -2.35. The summed E-state index contributed by atoms with van der Waals surface area (Å²) >= 11 is 0. The number of benzene rings is 1. The number of anilines is 2. The summed E-state index contributed by atoms with van der Waals surface area (Å²) in [5.41, 5.74) is 7.49. The van der Waals surface area contributed by atoms with Gasteiger partial charge in [-0.05, 0) is 42.9 Å². The third-order valence-corrected chi connectivity index (χ3v) is 4.66. The molecular formula is C17H24N4. The van der Waals surface area contributed by atoms with Crippen LogP contribution in [0.3, 0.4) is 0 Å². The van der Waals surface area contributed by atoms with E-state index < -0.39 is 0 Å². The normalized spacial score (nSPS) is 22.6. The largest absolute Gasteiger partial charge is 0.399 e. The van der Waals surface area contributed by atoms with Gasteiger partial charge in [-0.1, -0.05) is 26.7 Å². The molecule has 0 spiro atoms. The smallest absolute Gasteiger partial charge is 0.137 e. The summed E-state index contributed by atoms with van der Waals surface area (Å²) in [7, 11) is 0. The van der Waals surface area contributed by atoms with Crippen LogP contribution < -0.4 is 11.1 Å². The minimum atomic E-state index is 0.509. The maximum absolute atomic E-state index is 5.84. The summed E-state index contributed by atoms with van der Waals surface area (Å²) in [6, 6.07) is 6.34. The van der Waals surface area contributed by atoms with Gasteiger partial charge in [0, 0.05) is 17.1 Å². The van der Waals surface area contributed by atoms with Gasteiger partial charge in [0.1, 0.15) is 12.1 Å². The van der Waals surface area contributed by atoms with Gasteiger partial charge in [0.25, 0.3) is 0 Å². The molecule has 1 aliphatic carbocycles. The van der Waals surface area contributed by atoms with Gasteiger partial charge in [-0.15, -0.1) is 0 Å². The number of aromatic nitrogens is 2. The molecule has 0 aliphatic heterocycles. The average Bonchev–Trinajstić information content (AvgIpc) is 2.47. The van der Waals surface area contributed by atoms with Gasteiger partial charge < -0.3 is 11.1 Å². The molecule has 0 radical (unpaired) electrons. The Morgan fingerprint density at radius 1 is 1.19 bits per heavy atom. The highest BCUT2D eigenvalue weighted by Gasteiger charge is 2.28. The molecule has 1 aromatic carbocycles. The highest BCUT2D eigenvalue weighted by atomic mass is 15.0. The Labute approximate surface area is 126 Å². The zero-order chi connectivity index (χ0) is 14.8. The fourth-order valence-corrected chi connectivity index (χ4v) is 3.50. The summed E-state index contributed by atoms with van der Waals surface area (Å²) < 4.78 is 0. The van der Waals surface area contributed by atoms with Crippen molar-refractivity contribution in [1.29, 1.82) is 0 Å². The molecule has 2 atom stereocenters.